The van der Waals surface area contributed by atoms with E-state index in [1.54, 1.807) is 0 Å². The lowest BCUT2D eigenvalue weighted by Crippen LogP contribution is -2.40. The molecule has 1 amide bonds. The maximum absolute atomic E-state index is 13.4. The van der Waals surface area contributed by atoms with Gasteiger partial charge in [0.1, 0.15) is 5.82 Å². The number of rotatable bonds is 3. The fourth-order valence-electron chi connectivity index (χ4n) is 3.28. The first-order valence-corrected chi connectivity index (χ1v) is 7.44. The summed E-state index contributed by atoms with van der Waals surface area (Å²) in [6, 6.07) is 4.34. The van der Waals surface area contributed by atoms with Crippen LogP contribution in [0.5, 0.6) is 0 Å². The minimum absolute atomic E-state index is 0.318. The molecule has 0 aliphatic carbocycles. The molecule has 4 nitrogen and oxygen atoms in total. The third kappa shape index (κ3) is 2.58. The van der Waals surface area contributed by atoms with Crippen molar-refractivity contribution in [3.8, 4) is 0 Å². The molecule has 0 saturated carbocycles. The summed E-state index contributed by atoms with van der Waals surface area (Å²) in [7, 11) is 2.09. The Kier molecular flexibility index (Phi) is 3.76. The number of piperidine rings is 1. The van der Waals surface area contributed by atoms with Gasteiger partial charge in [-0.25, -0.2) is 4.39 Å². The number of halogens is 1. The van der Waals surface area contributed by atoms with Crippen LogP contribution in [0.4, 0.5) is 10.1 Å². The van der Waals surface area contributed by atoms with Crippen molar-refractivity contribution in [1.82, 2.24) is 4.90 Å². The predicted molar refractivity (Wildman–Crippen MR) is 78.0 cm³/mol. The second kappa shape index (κ2) is 5.56. The molecule has 21 heavy (non-hydrogen) atoms. The van der Waals surface area contributed by atoms with E-state index in [9.17, 15) is 14.0 Å². The summed E-state index contributed by atoms with van der Waals surface area (Å²) < 4.78 is 13.4. The average molecular weight is 290 g/mol. The van der Waals surface area contributed by atoms with Gasteiger partial charge in [0.25, 0.3) is 11.7 Å². The summed E-state index contributed by atoms with van der Waals surface area (Å²) >= 11 is 0. The Morgan fingerprint density at radius 2 is 2.10 bits per heavy atom. The SMILES string of the molecule is CN1CCCCC1CCN1C(=O)C(=O)c2ccc(F)cc21. The van der Waals surface area contributed by atoms with Crippen LogP contribution in [0, 0.1) is 5.82 Å². The summed E-state index contributed by atoms with van der Waals surface area (Å²) in [5.74, 6) is -1.48. The van der Waals surface area contributed by atoms with Crippen molar-refractivity contribution in [3.05, 3.63) is 29.6 Å². The number of fused-ring (bicyclic) bond motifs is 1. The Bertz CT molecular complexity index is 588. The van der Waals surface area contributed by atoms with Gasteiger partial charge < -0.3 is 9.80 Å². The molecule has 1 atom stereocenters. The molecule has 2 heterocycles. The first-order valence-electron chi connectivity index (χ1n) is 7.44. The van der Waals surface area contributed by atoms with Crippen LogP contribution in [-0.2, 0) is 4.79 Å². The molecule has 2 aliphatic rings. The predicted octanol–water partition coefficient (Wildman–Crippen LogP) is 2.23. The van der Waals surface area contributed by atoms with Gasteiger partial charge in [0.2, 0.25) is 0 Å². The van der Waals surface area contributed by atoms with E-state index >= 15 is 0 Å². The number of likely N-dealkylation sites (tertiary alicyclic amines) is 1. The summed E-state index contributed by atoms with van der Waals surface area (Å²) in [6.45, 7) is 1.54. The summed E-state index contributed by atoms with van der Waals surface area (Å²) in [4.78, 5) is 27.7. The monoisotopic (exact) mass is 290 g/mol. The number of carbonyl (C=O) groups excluding carboxylic acids is 2. The Labute approximate surface area is 123 Å². The van der Waals surface area contributed by atoms with Crippen molar-refractivity contribution in [2.75, 3.05) is 25.0 Å². The molecule has 0 radical (unpaired) electrons. The molecule has 112 valence electrons. The van der Waals surface area contributed by atoms with Crippen molar-refractivity contribution in [2.45, 2.75) is 31.7 Å². The molecule has 1 saturated heterocycles. The fraction of sp³-hybridized carbons (Fsp3) is 0.500. The lowest BCUT2D eigenvalue weighted by Gasteiger charge is -2.33. The van der Waals surface area contributed by atoms with E-state index in [0.29, 0.717) is 23.8 Å². The maximum atomic E-state index is 13.4. The van der Waals surface area contributed by atoms with Gasteiger partial charge >= 0.3 is 0 Å². The normalized spacial score (nSPS) is 22.8. The lowest BCUT2D eigenvalue weighted by atomic mass is 10.00. The van der Waals surface area contributed by atoms with E-state index in [0.717, 1.165) is 19.4 Å². The summed E-state index contributed by atoms with van der Waals surface area (Å²) in [6.07, 6.45) is 4.34. The average Bonchev–Trinajstić information content (AvgIpc) is 2.70. The van der Waals surface area contributed by atoms with E-state index in [-0.39, 0.29) is 0 Å². The van der Waals surface area contributed by atoms with E-state index < -0.39 is 17.5 Å². The second-order valence-electron chi connectivity index (χ2n) is 5.87. The maximum Gasteiger partial charge on any atom is 0.299 e. The number of anilines is 1. The highest BCUT2D eigenvalue weighted by Crippen LogP contribution is 2.30. The quantitative estimate of drug-likeness (QED) is 0.802. The molecule has 1 unspecified atom stereocenters. The van der Waals surface area contributed by atoms with Crippen LogP contribution in [0.25, 0.3) is 0 Å². The van der Waals surface area contributed by atoms with Gasteiger partial charge in [-0.3, -0.25) is 9.59 Å². The van der Waals surface area contributed by atoms with E-state index in [2.05, 4.69) is 11.9 Å². The number of ketones is 1. The van der Waals surface area contributed by atoms with Crippen LogP contribution >= 0.6 is 0 Å². The molecule has 0 spiro atoms. The third-order valence-electron chi connectivity index (χ3n) is 4.54. The highest BCUT2D eigenvalue weighted by molar-refractivity contribution is 6.52. The zero-order chi connectivity index (χ0) is 15.0. The minimum atomic E-state index is -0.533. The molecule has 1 aromatic rings. The van der Waals surface area contributed by atoms with Crippen LogP contribution in [0.2, 0.25) is 0 Å². The van der Waals surface area contributed by atoms with E-state index in [1.807, 2.05) is 0 Å². The number of hydrogen-bond donors (Lipinski definition) is 0. The largest absolute Gasteiger partial charge is 0.305 e. The van der Waals surface area contributed by atoms with Crippen LogP contribution < -0.4 is 4.90 Å². The minimum Gasteiger partial charge on any atom is -0.305 e. The summed E-state index contributed by atoms with van der Waals surface area (Å²) in [5, 5.41) is 0. The molecule has 5 heteroatoms. The fourth-order valence-corrected chi connectivity index (χ4v) is 3.28. The standard InChI is InChI=1S/C16H19FN2O2/c1-18-8-3-2-4-12(18)7-9-19-14-10-11(17)5-6-13(14)15(20)16(19)21/h5-6,10,12H,2-4,7-9H2,1H3. The van der Waals surface area contributed by atoms with Crippen molar-refractivity contribution < 1.29 is 14.0 Å². The number of Topliss-reactive ketones (excluding diaryl/α,β-unsaturated/α-hetero) is 1. The van der Waals surface area contributed by atoms with Crippen LogP contribution in [0.1, 0.15) is 36.0 Å². The van der Waals surface area contributed by atoms with Crippen molar-refractivity contribution in [3.63, 3.8) is 0 Å². The lowest BCUT2D eigenvalue weighted by molar-refractivity contribution is -0.114. The number of hydrogen-bond acceptors (Lipinski definition) is 3. The molecule has 2 aliphatic heterocycles. The molecule has 3 rings (SSSR count). The Hall–Kier alpha value is -1.75. The van der Waals surface area contributed by atoms with Crippen molar-refractivity contribution in [1.29, 1.82) is 0 Å². The Morgan fingerprint density at radius 1 is 1.29 bits per heavy atom. The van der Waals surface area contributed by atoms with Gasteiger partial charge in [0.05, 0.1) is 11.3 Å². The number of carbonyl (C=O) groups is 2. The molecule has 0 N–H and O–H groups in total. The van der Waals surface area contributed by atoms with E-state index in [1.165, 1.54) is 35.9 Å². The summed E-state index contributed by atoms with van der Waals surface area (Å²) in [5.41, 5.74) is 0.738. The van der Waals surface area contributed by atoms with Gasteiger partial charge in [0.15, 0.2) is 0 Å². The van der Waals surface area contributed by atoms with Crippen LogP contribution in [0.15, 0.2) is 18.2 Å². The van der Waals surface area contributed by atoms with Gasteiger partial charge in [-0.15, -0.1) is 0 Å². The number of nitrogens with zero attached hydrogens (tertiary/aromatic N) is 2. The molecule has 1 aromatic carbocycles. The molecule has 0 bridgehead atoms. The topological polar surface area (TPSA) is 40.6 Å². The number of amides is 1. The van der Waals surface area contributed by atoms with Gasteiger partial charge in [-0.05, 0) is 51.1 Å². The van der Waals surface area contributed by atoms with Crippen LogP contribution in [-0.4, -0.2) is 42.8 Å². The van der Waals surface area contributed by atoms with Gasteiger partial charge in [0, 0.05) is 12.6 Å². The number of benzene rings is 1. The zero-order valence-electron chi connectivity index (χ0n) is 12.1. The van der Waals surface area contributed by atoms with Crippen molar-refractivity contribution >= 4 is 17.4 Å². The van der Waals surface area contributed by atoms with Crippen LogP contribution in [0.3, 0.4) is 0 Å². The zero-order valence-corrected chi connectivity index (χ0v) is 12.1. The smallest absolute Gasteiger partial charge is 0.299 e. The van der Waals surface area contributed by atoms with E-state index in [4.69, 9.17) is 0 Å². The van der Waals surface area contributed by atoms with Gasteiger partial charge in [-0.1, -0.05) is 6.42 Å². The van der Waals surface area contributed by atoms with Crippen molar-refractivity contribution in [2.24, 2.45) is 0 Å². The van der Waals surface area contributed by atoms with Gasteiger partial charge in [-0.2, -0.15) is 0 Å². The molecule has 1 fully saturated rings. The highest BCUT2D eigenvalue weighted by Gasteiger charge is 2.36. The molecular weight excluding hydrogens is 271 g/mol. The second-order valence-corrected chi connectivity index (χ2v) is 5.87. The molecule has 0 aromatic heterocycles. The highest BCUT2D eigenvalue weighted by atomic mass is 19.1. The Balaban J connectivity index is 1.75. The first kappa shape index (κ1) is 14.2. The first-order chi connectivity index (χ1) is 10.1. The Morgan fingerprint density at radius 3 is 2.86 bits per heavy atom. The third-order valence-corrected chi connectivity index (χ3v) is 4.54. The molecular formula is C16H19FN2O2.